The van der Waals surface area contributed by atoms with Crippen molar-refractivity contribution >= 4 is 19.0 Å². The predicted octanol–water partition coefficient (Wildman–Crippen LogP) is 4.12. The Kier molecular flexibility index (Phi) is 3.62. The topological polar surface area (TPSA) is 36.0 Å². The Bertz CT molecular complexity index is 565. The van der Waals surface area contributed by atoms with Gasteiger partial charge in [0.2, 0.25) is 0 Å². The summed E-state index contributed by atoms with van der Waals surface area (Å²) in [7, 11) is -1.71. The van der Waals surface area contributed by atoms with Gasteiger partial charge in [0, 0.05) is 22.8 Å². The van der Waals surface area contributed by atoms with E-state index in [1.807, 2.05) is 12.3 Å². The number of aliphatic hydroxyl groups is 1. The van der Waals surface area contributed by atoms with Crippen LogP contribution in [-0.2, 0) is 6.42 Å². The molecule has 0 spiro atoms. The van der Waals surface area contributed by atoms with Crippen molar-refractivity contribution in [3.63, 3.8) is 0 Å². The third-order valence-electron chi connectivity index (χ3n) is 4.85. The molecule has 0 fully saturated rings. The van der Waals surface area contributed by atoms with E-state index in [0.29, 0.717) is 0 Å². The molecular formula is C16H25NOSi. The molecular weight excluding hydrogens is 250 g/mol. The molecule has 2 aromatic rings. The van der Waals surface area contributed by atoms with Crippen molar-refractivity contribution in [3.05, 3.63) is 36.0 Å². The highest BCUT2D eigenvalue weighted by Gasteiger charge is 2.41. The summed E-state index contributed by atoms with van der Waals surface area (Å²) in [4.78, 5) is 3.29. The quantitative estimate of drug-likeness (QED) is 0.812. The fraction of sp³-hybridized carbons (Fsp3) is 0.500. The molecule has 1 unspecified atom stereocenters. The zero-order valence-corrected chi connectivity index (χ0v) is 13.6. The van der Waals surface area contributed by atoms with Crippen molar-refractivity contribution < 1.29 is 5.11 Å². The number of hydrogen-bond donors (Lipinski definition) is 2. The first kappa shape index (κ1) is 14.3. The van der Waals surface area contributed by atoms with E-state index in [0.717, 1.165) is 11.9 Å². The smallest absolute Gasteiger partial charge is 0.0869 e. The third-order valence-corrected chi connectivity index (χ3v) is 10.6. The van der Waals surface area contributed by atoms with Gasteiger partial charge in [-0.2, -0.15) is 0 Å². The number of nitrogens with one attached hydrogen (secondary N) is 1. The van der Waals surface area contributed by atoms with Gasteiger partial charge in [0.15, 0.2) is 0 Å². The molecule has 104 valence electrons. The molecule has 2 nitrogen and oxygen atoms in total. The van der Waals surface area contributed by atoms with Crippen LogP contribution in [-0.4, -0.2) is 23.9 Å². The molecule has 2 rings (SSSR count). The summed E-state index contributed by atoms with van der Waals surface area (Å²) in [6.07, 6.45) is 2.79. The van der Waals surface area contributed by atoms with Gasteiger partial charge in [-0.05, 0) is 23.1 Å². The number of aromatic amines is 1. The number of para-hydroxylation sites is 1. The van der Waals surface area contributed by atoms with E-state index in [4.69, 9.17) is 0 Å². The molecule has 0 aliphatic carbocycles. The van der Waals surface area contributed by atoms with Gasteiger partial charge in [-0.25, -0.2) is 0 Å². The van der Waals surface area contributed by atoms with Crippen LogP contribution in [0, 0.1) is 0 Å². The van der Waals surface area contributed by atoms with E-state index in [2.05, 4.69) is 57.0 Å². The lowest BCUT2D eigenvalue weighted by molar-refractivity contribution is 0.238. The monoisotopic (exact) mass is 275 g/mol. The van der Waals surface area contributed by atoms with Gasteiger partial charge >= 0.3 is 0 Å². The summed E-state index contributed by atoms with van der Waals surface area (Å²) in [5.74, 6) is 0. The Morgan fingerprint density at radius 1 is 1.21 bits per heavy atom. The lowest BCUT2D eigenvalue weighted by Gasteiger charge is -2.40. The maximum absolute atomic E-state index is 10.7. The number of rotatable bonds is 3. The molecule has 1 heterocycles. The van der Waals surface area contributed by atoms with E-state index in [-0.39, 0.29) is 10.8 Å². The van der Waals surface area contributed by atoms with Gasteiger partial charge < -0.3 is 10.1 Å². The summed E-state index contributed by atoms with van der Waals surface area (Å²) in [5.41, 5.74) is 2.17. The SMILES string of the molecule is CC(C)(C)[Si](C)(C)C(O)Cc1c[nH]c2ccccc12. The summed E-state index contributed by atoms with van der Waals surface area (Å²) >= 11 is 0. The van der Waals surface area contributed by atoms with E-state index >= 15 is 0 Å². The van der Waals surface area contributed by atoms with Gasteiger partial charge in [-0.1, -0.05) is 52.1 Å². The minimum absolute atomic E-state index is 0.207. The van der Waals surface area contributed by atoms with Crippen molar-refractivity contribution in [3.8, 4) is 0 Å². The number of aliphatic hydroxyl groups excluding tert-OH is 1. The summed E-state index contributed by atoms with van der Waals surface area (Å²) in [5, 5.41) is 12.1. The average molecular weight is 275 g/mol. The Labute approximate surface area is 116 Å². The highest BCUT2D eigenvalue weighted by Crippen LogP contribution is 2.39. The lowest BCUT2D eigenvalue weighted by atomic mass is 10.1. The fourth-order valence-electron chi connectivity index (χ4n) is 2.26. The molecule has 0 saturated heterocycles. The molecule has 3 heteroatoms. The molecule has 0 amide bonds. The number of fused-ring (bicyclic) bond motifs is 1. The molecule has 0 bridgehead atoms. The highest BCUT2D eigenvalue weighted by atomic mass is 28.3. The van der Waals surface area contributed by atoms with Crippen LogP contribution in [0.5, 0.6) is 0 Å². The molecule has 0 aliphatic heterocycles. The van der Waals surface area contributed by atoms with Crippen LogP contribution in [0.2, 0.25) is 18.1 Å². The summed E-state index contributed by atoms with van der Waals surface area (Å²) < 4.78 is 0. The first-order chi connectivity index (χ1) is 8.73. The van der Waals surface area contributed by atoms with Crippen LogP contribution in [0.15, 0.2) is 30.5 Å². The van der Waals surface area contributed by atoms with Crippen molar-refractivity contribution in [2.75, 3.05) is 0 Å². The van der Waals surface area contributed by atoms with Crippen LogP contribution in [0.4, 0.5) is 0 Å². The molecule has 1 aromatic heterocycles. The van der Waals surface area contributed by atoms with E-state index in [1.165, 1.54) is 10.9 Å². The highest BCUT2D eigenvalue weighted by molar-refractivity contribution is 6.81. The average Bonchev–Trinajstić information content (AvgIpc) is 2.71. The molecule has 0 radical (unpaired) electrons. The van der Waals surface area contributed by atoms with Gasteiger partial charge in [-0.3, -0.25) is 0 Å². The largest absolute Gasteiger partial charge is 0.396 e. The molecule has 1 aromatic carbocycles. The second-order valence-electron chi connectivity index (χ2n) is 7.05. The van der Waals surface area contributed by atoms with Crippen molar-refractivity contribution in [1.29, 1.82) is 0 Å². The Morgan fingerprint density at radius 2 is 1.84 bits per heavy atom. The molecule has 1 atom stereocenters. The third kappa shape index (κ3) is 2.63. The minimum atomic E-state index is -1.71. The first-order valence-corrected chi connectivity index (χ1v) is 10.0. The van der Waals surface area contributed by atoms with E-state index < -0.39 is 8.07 Å². The van der Waals surface area contributed by atoms with Gasteiger partial charge in [0.05, 0.1) is 8.07 Å². The summed E-state index contributed by atoms with van der Waals surface area (Å²) in [6.45, 7) is 11.3. The minimum Gasteiger partial charge on any atom is -0.396 e. The molecule has 0 saturated carbocycles. The lowest BCUT2D eigenvalue weighted by Crippen LogP contribution is -2.50. The van der Waals surface area contributed by atoms with Gasteiger partial charge in [0.25, 0.3) is 0 Å². The number of hydrogen-bond acceptors (Lipinski definition) is 1. The zero-order valence-electron chi connectivity index (χ0n) is 12.6. The Morgan fingerprint density at radius 3 is 2.47 bits per heavy atom. The number of H-pyrrole nitrogens is 1. The van der Waals surface area contributed by atoms with Crippen LogP contribution in [0.3, 0.4) is 0 Å². The van der Waals surface area contributed by atoms with Crippen LogP contribution in [0.25, 0.3) is 10.9 Å². The Balaban J connectivity index is 2.26. The summed E-state index contributed by atoms with van der Waals surface area (Å²) in [6, 6.07) is 8.29. The number of aromatic nitrogens is 1. The number of benzene rings is 1. The fourth-order valence-corrected chi connectivity index (χ4v) is 3.99. The zero-order chi connectivity index (χ0) is 14.3. The maximum atomic E-state index is 10.7. The van der Waals surface area contributed by atoms with Crippen molar-refractivity contribution in [1.82, 2.24) is 4.98 Å². The second kappa shape index (κ2) is 4.80. The standard InChI is InChI=1S/C16H25NOSi/c1-16(2,3)19(4,5)15(18)10-12-11-17-14-9-7-6-8-13(12)14/h6-9,11,15,17-18H,10H2,1-5H3. The van der Waals surface area contributed by atoms with Crippen LogP contribution in [0.1, 0.15) is 26.3 Å². The Hall–Kier alpha value is -1.06. The molecule has 19 heavy (non-hydrogen) atoms. The van der Waals surface area contributed by atoms with E-state index in [9.17, 15) is 5.11 Å². The van der Waals surface area contributed by atoms with Gasteiger partial charge in [0.1, 0.15) is 0 Å². The van der Waals surface area contributed by atoms with Crippen LogP contribution < -0.4 is 0 Å². The predicted molar refractivity (Wildman–Crippen MR) is 85.2 cm³/mol. The molecule has 2 N–H and O–H groups in total. The van der Waals surface area contributed by atoms with Crippen molar-refractivity contribution in [2.24, 2.45) is 0 Å². The normalized spacial score (nSPS) is 14.8. The van der Waals surface area contributed by atoms with Crippen molar-refractivity contribution in [2.45, 2.75) is 51.1 Å². The maximum Gasteiger partial charge on any atom is 0.0869 e. The first-order valence-electron chi connectivity index (χ1n) is 6.96. The second-order valence-corrected chi connectivity index (χ2v) is 12.7. The molecule has 0 aliphatic rings. The van der Waals surface area contributed by atoms with E-state index in [1.54, 1.807) is 0 Å². The van der Waals surface area contributed by atoms with Gasteiger partial charge in [-0.15, -0.1) is 0 Å². The van der Waals surface area contributed by atoms with Crippen LogP contribution >= 0.6 is 0 Å².